The third-order valence-corrected chi connectivity index (χ3v) is 9.92. The summed E-state index contributed by atoms with van der Waals surface area (Å²) in [6.07, 6.45) is 4.69. The van der Waals surface area contributed by atoms with Gasteiger partial charge >= 0.3 is 0 Å². The van der Waals surface area contributed by atoms with Gasteiger partial charge in [-0.15, -0.1) is 0 Å². The van der Waals surface area contributed by atoms with E-state index in [2.05, 4.69) is 39.2 Å². The molecule has 1 aliphatic rings. The van der Waals surface area contributed by atoms with E-state index in [1.165, 1.54) is 25.0 Å². The lowest BCUT2D eigenvalue weighted by atomic mass is 9.92. The van der Waals surface area contributed by atoms with Crippen LogP contribution in [-0.4, -0.2) is 27.6 Å². The van der Waals surface area contributed by atoms with Crippen molar-refractivity contribution in [3.05, 3.63) is 24.0 Å². The molecule has 1 saturated carbocycles. The van der Waals surface area contributed by atoms with Gasteiger partial charge in [0.15, 0.2) is 8.32 Å². The van der Waals surface area contributed by atoms with E-state index in [0.29, 0.717) is 5.75 Å². The van der Waals surface area contributed by atoms with Gasteiger partial charge in [-0.2, -0.15) is 0 Å². The number of methoxy groups -OCH3 is 1. The monoisotopic (exact) mass is 353 g/mol. The van der Waals surface area contributed by atoms with E-state index in [9.17, 15) is 4.39 Å². The third kappa shape index (κ3) is 4.73. The summed E-state index contributed by atoms with van der Waals surface area (Å²) in [6.45, 7) is 11.4. The van der Waals surface area contributed by atoms with E-state index >= 15 is 0 Å². The highest BCUT2D eigenvalue weighted by Gasteiger charge is 2.41. The molecule has 0 radical (unpaired) electrons. The number of anilines is 1. The molecule has 0 bridgehead atoms. The fraction of sp³-hybridized carbons (Fsp3) is 0.684. The Morgan fingerprint density at radius 3 is 2.42 bits per heavy atom. The summed E-state index contributed by atoms with van der Waals surface area (Å²) in [6, 6.07) is 5.00. The van der Waals surface area contributed by atoms with Gasteiger partial charge in [0, 0.05) is 17.8 Å². The van der Waals surface area contributed by atoms with Crippen molar-refractivity contribution < 1.29 is 13.6 Å². The number of hydrogen-bond acceptors (Lipinski definition) is 3. The van der Waals surface area contributed by atoms with Crippen LogP contribution in [0.25, 0.3) is 0 Å². The maximum Gasteiger partial charge on any atom is 0.192 e. The first-order valence-electron chi connectivity index (χ1n) is 8.91. The van der Waals surface area contributed by atoms with Crippen LogP contribution in [0.15, 0.2) is 18.2 Å². The first-order valence-corrected chi connectivity index (χ1v) is 11.8. The molecule has 0 spiro atoms. The first kappa shape index (κ1) is 19.3. The van der Waals surface area contributed by atoms with Crippen LogP contribution >= 0.6 is 0 Å². The summed E-state index contributed by atoms with van der Waals surface area (Å²) in [7, 11) is -0.261. The van der Waals surface area contributed by atoms with Crippen molar-refractivity contribution >= 4 is 14.0 Å². The van der Waals surface area contributed by atoms with Crippen LogP contribution in [0.5, 0.6) is 5.75 Å². The molecule has 3 nitrogen and oxygen atoms in total. The van der Waals surface area contributed by atoms with Crippen molar-refractivity contribution in [2.24, 2.45) is 0 Å². The molecule has 136 valence electrons. The second-order valence-electron chi connectivity index (χ2n) is 8.33. The molecule has 1 N–H and O–H groups in total. The second-order valence-corrected chi connectivity index (χ2v) is 13.1. The van der Waals surface area contributed by atoms with Gasteiger partial charge in [0.25, 0.3) is 0 Å². The van der Waals surface area contributed by atoms with Crippen molar-refractivity contribution in [1.29, 1.82) is 0 Å². The molecule has 2 atom stereocenters. The van der Waals surface area contributed by atoms with Crippen molar-refractivity contribution in [3.8, 4) is 5.75 Å². The molecule has 0 amide bonds. The van der Waals surface area contributed by atoms with Gasteiger partial charge < -0.3 is 14.5 Å². The molecule has 0 unspecified atom stereocenters. The minimum absolute atomic E-state index is 0.189. The molecule has 0 aliphatic heterocycles. The Kier molecular flexibility index (Phi) is 5.97. The zero-order chi connectivity index (χ0) is 18.0. The van der Waals surface area contributed by atoms with Crippen LogP contribution in [0.2, 0.25) is 18.1 Å². The van der Waals surface area contributed by atoms with Crippen LogP contribution in [0.1, 0.15) is 46.5 Å². The van der Waals surface area contributed by atoms with E-state index in [1.807, 2.05) is 6.07 Å². The molecule has 0 heterocycles. The van der Waals surface area contributed by atoms with E-state index in [0.717, 1.165) is 18.5 Å². The lowest BCUT2D eigenvalue weighted by Crippen LogP contribution is -2.49. The Labute approximate surface area is 147 Å². The van der Waals surface area contributed by atoms with Gasteiger partial charge in [0.1, 0.15) is 11.6 Å². The van der Waals surface area contributed by atoms with E-state index in [1.54, 1.807) is 7.11 Å². The number of benzene rings is 1. The Bertz CT molecular complexity index is 557. The maximum absolute atomic E-state index is 13.7. The minimum atomic E-state index is -1.82. The Hall–Kier alpha value is -1.07. The second kappa shape index (κ2) is 7.44. The molecule has 1 fully saturated rings. The quantitative estimate of drug-likeness (QED) is 0.701. The molecule has 1 aliphatic carbocycles. The summed E-state index contributed by atoms with van der Waals surface area (Å²) in [4.78, 5) is 0. The van der Waals surface area contributed by atoms with Gasteiger partial charge in [-0.05, 0) is 37.0 Å². The van der Waals surface area contributed by atoms with Crippen LogP contribution in [0, 0.1) is 5.82 Å². The van der Waals surface area contributed by atoms with Gasteiger partial charge in [0.05, 0.1) is 19.3 Å². The van der Waals surface area contributed by atoms with Crippen LogP contribution in [-0.2, 0) is 4.43 Å². The normalized spacial score (nSPS) is 22.3. The largest absolute Gasteiger partial charge is 0.497 e. The highest BCUT2D eigenvalue weighted by Crippen LogP contribution is 2.39. The molecular formula is C19H32FNO2Si. The number of hydrogen-bond donors (Lipinski definition) is 1. The smallest absolute Gasteiger partial charge is 0.192 e. The number of nitrogens with one attached hydrogen (secondary N) is 1. The molecule has 1 aromatic carbocycles. The predicted molar refractivity (Wildman–Crippen MR) is 101 cm³/mol. The number of halogens is 1. The summed E-state index contributed by atoms with van der Waals surface area (Å²) in [5.41, 5.74) is 0.766. The summed E-state index contributed by atoms with van der Waals surface area (Å²) in [5.74, 6) is 0.254. The van der Waals surface area contributed by atoms with Crippen molar-refractivity contribution in [2.45, 2.75) is 76.7 Å². The molecule has 24 heavy (non-hydrogen) atoms. The topological polar surface area (TPSA) is 30.5 Å². The van der Waals surface area contributed by atoms with E-state index in [-0.39, 0.29) is 23.0 Å². The Morgan fingerprint density at radius 2 is 1.79 bits per heavy atom. The predicted octanol–water partition coefficient (Wildman–Crippen LogP) is 5.58. The highest BCUT2D eigenvalue weighted by atomic mass is 28.4. The fourth-order valence-corrected chi connectivity index (χ4v) is 4.33. The number of rotatable bonds is 5. The van der Waals surface area contributed by atoms with Crippen molar-refractivity contribution in [2.75, 3.05) is 12.4 Å². The molecule has 0 aromatic heterocycles. The average molecular weight is 354 g/mol. The molecule has 1 aromatic rings. The van der Waals surface area contributed by atoms with Gasteiger partial charge in [-0.25, -0.2) is 4.39 Å². The van der Waals surface area contributed by atoms with E-state index in [4.69, 9.17) is 9.16 Å². The Morgan fingerprint density at radius 1 is 1.12 bits per heavy atom. The maximum atomic E-state index is 13.7. The fourth-order valence-electron chi connectivity index (χ4n) is 2.94. The van der Waals surface area contributed by atoms with Crippen molar-refractivity contribution in [1.82, 2.24) is 0 Å². The van der Waals surface area contributed by atoms with Crippen molar-refractivity contribution in [3.63, 3.8) is 0 Å². The van der Waals surface area contributed by atoms with Crippen LogP contribution in [0.3, 0.4) is 0 Å². The van der Waals surface area contributed by atoms with Crippen LogP contribution in [0.4, 0.5) is 10.1 Å². The minimum Gasteiger partial charge on any atom is -0.497 e. The number of ether oxygens (including phenoxy) is 1. The zero-order valence-corrected chi connectivity index (χ0v) is 16.9. The lowest BCUT2D eigenvalue weighted by Gasteiger charge is -2.43. The molecular weight excluding hydrogens is 321 g/mol. The standard InChI is InChI=1S/C19H32FNO2Si/c1-19(2,3)24(5,6)23-18-10-8-7-9-17(18)21-15-11-14(20)12-16(13-15)22-4/h11-13,17-18,21H,7-10H2,1-6H3/t17-,18-/m1/s1. The van der Waals surface area contributed by atoms with Crippen LogP contribution < -0.4 is 10.1 Å². The highest BCUT2D eigenvalue weighted by molar-refractivity contribution is 6.74. The third-order valence-electron chi connectivity index (χ3n) is 5.41. The van der Waals surface area contributed by atoms with Gasteiger partial charge in [-0.3, -0.25) is 0 Å². The van der Waals surface area contributed by atoms with Gasteiger partial charge in [0.2, 0.25) is 0 Å². The SMILES string of the molecule is COc1cc(F)cc(N[C@@H]2CCCC[C@H]2O[Si](C)(C)C(C)(C)C)c1. The molecule has 2 rings (SSSR count). The first-order chi connectivity index (χ1) is 11.1. The lowest BCUT2D eigenvalue weighted by molar-refractivity contribution is 0.124. The summed E-state index contributed by atoms with van der Waals surface area (Å²) in [5, 5.41) is 3.69. The molecule has 5 heteroatoms. The zero-order valence-electron chi connectivity index (χ0n) is 15.9. The van der Waals surface area contributed by atoms with Gasteiger partial charge in [-0.1, -0.05) is 33.6 Å². The van der Waals surface area contributed by atoms with E-state index < -0.39 is 8.32 Å². The Balaban J connectivity index is 2.14. The molecule has 0 saturated heterocycles. The average Bonchev–Trinajstić information content (AvgIpc) is 2.47. The summed E-state index contributed by atoms with van der Waals surface area (Å²) < 4.78 is 25.6. The summed E-state index contributed by atoms with van der Waals surface area (Å²) >= 11 is 0.